The van der Waals surface area contributed by atoms with Crippen LogP contribution in [-0.4, -0.2) is 6.04 Å². The molecule has 3 heteroatoms. The molecule has 1 N–H and O–H groups in total. The Bertz CT molecular complexity index is 516. The number of hydrogen-bond acceptors (Lipinski definition) is 1. The molecule has 0 amide bonds. The lowest BCUT2D eigenvalue weighted by Gasteiger charge is -2.32. The highest BCUT2D eigenvalue weighted by Gasteiger charge is 2.53. The molecule has 0 aromatic heterocycles. The normalized spacial score (nSPS) is 38.4. The van der Waals surface area contributed by atoms with E-state index in [4.69, 9.17) is 0 Å². The van der Waals surface area contributed by atoms with E-state index in [0.29, 0.717) is 18.2 Å². The van der Waals surface area contributed by atoms with Crippen LogP contribution in [-0.2, 0) is 6.54 Å². The van der Waals surface area contributed by atoms with Crippen molar-refractivity contribution in [2.75, 3.05) is 0 Å². The van der Waals surface area contributed by atoms with Crippen molar-refractivity contribution in [2.45, 2.75) is 44.7 Å². The van der Waals surface area contributed by atoms with E-state index in [1.165, 1.54) is 38.2 Å². The summed E-state index contributed by atoms with van der Waals surface area (Å²) in [6.07, 6.45) is 6.81. The Morgan fingerprint density at radius 1 is 1.05 bits per heavy atom. The van der Waals surface area contributed by atoms with Gasteiger partial charge in [0, 0.05) is 18.2 Å². The SMILES string of the molecule is Fc1cccc(CNC2CC3CC2C2CCCC32)c1F. The number of halogens is 2. The lowest BCUT2D eigenvalue weighted by Crippen LogP contribution is -2.39. The highest BCUT2D eigenvalue weighted by molar-refractivity contribution is 5.19. The molecule has 0 aliphatic heterocycles. The summed E-state index contributed by atoms with van der Waals surface area (Å²) in [6, 6.07) is 4.96. The number of rotatable bonds is 3. The molecule has 1 aromatic carbocycles. The van der Waals surface area contributed by atoms with Crippen molar-refractivity contribution < 1.29 is 8.78 Å². The van der Waals surface area contributed by atoms with Gasteiger partial charge in [0.15, 0.2) is 11.6 Å². The quantitative estimate of drug-likeness (QED) is 0.884. The second kappa shape index (κ2) is 4.80. The zero-order valence-corrected chi connectivity index (χ0v) is 11.6. The molecule has 3 aliphatic rings. The van der Waals surface area contributed by atoms with Crippen molar-refractivity contribution in [3.8, 4) is 0 Å². The van der Waals surface area contributed by atoms with Gasteiger partial charge in [-0.1, -0.05) is 18.6 Å². The fraction of sp³-hybridized carbons (Fsp3) is 0.647. The molecule has 0 heterocycles. The summed E-state index contributed by atoms with van der Waals surface area (Å²) in [7, 11) is 0. The van der Waals surface area contributed by atoms with Gasteiger partial charge in [-0.05, 0) is 55.4 Å². The zero-order valence-electron chi connectivity index (χ0n) is 11.6. The number of fused-ring (bicyclic) bond motifs is 5. The van der Waals surface area contributed by atoms with Crippen LogP contribution in [0.25, 0.3) is 0 Å². The molecule has 4 rings (SSSR count). The van der Waals surface area contributed by atoms with Crippen LogP contribution in [0.1, 0.15) is 37.7 Å². The van der Waals surface area contributed by atoms with Gasteiger partial charge in [0.05, 0.1) is 0 Å². The number of benzene rings is 1. The Balaban J connectivity index is 1.43. The second-order valence-electron chi connectivity index (χ2n) is 6.85. The summed E-state index contributed by atoms with van der Waals surface area (Å²) in [4.78, 5) is 0. The van der Waals surface area contributed by atoms with Crippen molar-refractivity contribution in [3.63, 3.8) is 0 Å². The Hall–Kier alpha value is -0.960. The highest BCUT2D eigenvalue weighted by Crippen LogP contribution is 2.58. The van der Waals surface area contributed by atoms with E-state index in [1.807, 2.05) is 0 Å². The molecule has 5 atom stereocenters. The largest absolute Gasteiger partial charge is 0.310 e. The summed E-state index contributed by atoms with van der Waals surface area (Å²) in [5, 5.41) is 3.50. The lowest BCUT2D eigenvalue weighted by molar-refractivity contribution is 0.207. The van der Waals surface area contributed by atoms with Crippen LogP contribution in [0, 0.1) is 35.3 Å². The summed E-state index contributed by atoms with van der Waals surface area (Å²) in [5.74, 6) is 2.12. The molecule has 5 unspecified atom stereocenters. The molecule has 0 radical (unpaired) electrons. The third kappa shape index (κ3) is 1.90. The first-order valence-corrected chi connectivity index (χ1v) is 7.90. The van der Waals surface area contributed by atoms with E-state index in [1.54, 1.807) is 12.1 Å². The summed E-state index contributed by atoms with van der Waals surface area (Å²) in [5.41, 5.74) is 0.454. The Kier molecular flexibility index (Phi) is 3.06. The molecule has 1 nitrogen and oxygen atoms in total. The average molecular weight is 277 g/mol. The van der Waals surface area contributed by atoms with Crippen molar-refractivity contribution >= 4 is 0 Å². The maximum Gasteiger partial charge on any atom is 0.163 e. The summed E-state index contributed by atoms with van der Waals surface area (Å²) in [6.45, 7) is 0.453. The maximum atomic E-state index is 13.7. The standard InChI is InChI=1S/C17H21F2N/c18-15-6-1-3-10(17(15)19)9-20-16-8-11-7-14(16)13-5-2-4-12(11)13/h1,3,6,11-14,16,20H,2,4-5,7-9H2. The van der Waals surface area contributed by atoms with E-state index < -0.39 is 11.6 Å². The van der Waals surface area contributed by atoms with Crippen LogP contribution in [0.4, 0.5) is 8.78 Å². The van der Waals surface area contributed by atoms with Gasteiger partial charge in [-0.25, -0.2) is 8.78 Å². The molecule has 3 saturated carbocycles. The fourth-order valence-corrected chi connectivity index (χ4v) is 5.23. The fourth-order valence-electron chi connectivity index (χ4n) is 5.23. The molecule has 20 heavy (non-hydrogen) atoms. The van der Waals surface area contributed by atoms with E-state index >= 15 is 0 Å². The van der Waals surface area contributed by atoms with Crippen LogP contribution in [0.15, 0.2) is 18.2 Å². The minimum absolute atomic E-state index is 0.453. The van der Waals surface area contributed by atoms with Crippen molar-refractivity contribution in [1.29, 1.82) is 0 Å². The third-order valence-corrected chi connectivity index (χ3v) is 6.01. The zero-order chi connectivity index (χ0) is 13.7. The molecule has 0 saturated heterocycles. The molecule has 3 fully saturated rings. The van der Waals surface area contributed by atoms with E-state index in [2.05, 4.69) is 5.32 Å². The predicted molar refractivity (Wildman–Crippen MR) is 74.0 cm³/mol. The Morgan fingerprint density at radius 3 is 2.80 bits per heavy atom. The average Bonchev–Trinajstić information content (AvgIpc) is 3.11. The van der Waals surface area contributed by atoms with Crippen LogP contribution in [0.5, 0.6) is 0 Å². The summed E-state index contributed by atoms with van der Waals surface area (Å²) >= 11 is 0. The lowest BCUT2D eigenvalue weighted by atomic mass is 9.79. The maximum absolute atomic E-state index is 13.7. The molecular weight excluding hydrogens is 256 g/mol. The van der Waals surface area contributed by atoms with E-state index in [-0.39, 0.29) is 0 Å². The summed E-state index contributed by atoms with van der Waals surface area (Å²) < 4.78 is 26.9. The van der Waals surface area contributed by atoms with Gasteiger partial charge in [-0.3, -0.25) is 0 Å². The minimum atomic E-state index is -0.743. The monoisotopic (exact) mass is 277 g/mol. The molecule has 1 aromatic rings. The first-order valence-electron chi connectivity index (χ1n) is 7.90. The second-order valence-corrected chi connectivity index (χ2v) is 6.85. The molecule has 3 aliphatic carbocycles. The van der Waals surface area contributed by atoms with E-state index in [9.17, 15) is 8.78 Å². The smallest absolute Gasteiger partial charge is 0.163 e. The van der Waals surface area contributed by atoms with Crippen LogP contribution >= 0.6 is 0 Å². The van der Waals surface area contributed by atoms with Crippen molar-refractivity contribution in [1.82, 2.24) is 5.32 Å². The molecular formula is C17H21F2N. The Labute approximate surface area is 118 Å². The topological polar surface area (TPSA) is 12.0 Å². The van der Waals surface area contributed by atoms with E-state index in [0.717, 1.165) is 23.7 Å². The first kappa shape index (κ1) is 12.8. The van der Waals surface area contributed by atoms with Crippen molar-refractivity contribution in [3.05, 3.63) is 35.4 Å². The van der Waals surface area contributed by atoms with Gasteiger partial charge in [0.1, 0.15) is 0 Å². The minimum Gasteiger partial charge on any atom is -0.310 e. The van der Waals surface area contributed by atoms with Crippen LogP contribution < -0.4 is 5.32 Å². The van der Waals surface area contributed by atoms with Crippen LogP contribution in [0.2, 0.25) is 0 Å². The predicted octanol–water partition coefficient (Wildman–Crippen LogP) is 3.88. The molecule has 0 spiro atoms. The van der Waals surface area contributed by atoms with Crippen LogP contribution in [0.3, 0.4) is 0 Å². The first-order chi connectivity index (χ1) is 9.74. The van der Waals surface area contributed by atoms with Gasteiger partial charge in [0.2, 0.25) is 0 Å². The van der Waals surface area contributed by atoms with Crippen molar-refractivity contribution in [2.24, 2.45) is 23.7 Å². The third-order valence-electron chi connectivity index (χ3n) is 6.01. The van der Waals surface area contributed by atoms with Gasteiger partial charge in [0.25, 0.3) is 0 Å². The van der Waals surface area contributed by atoms with Gasteiger partial charge in [-0.15, -0.1) is 0 Å². The van der Waals surface area contributed by atoms with Gasteiger partial charge in [-0.2, -0.15) is 0 Å². The van der Waals surface area contributed by atoms with Gasteiger partial charge >= 0.3 is 0 Å². The number of hydrogen-bond donors (Lipinski definition) is 1. The molecule has 2 bridgehead atoms. The highest BCUT2D eigenvalue weighted by atomic mass is 19.2. The number of nitrogens with one attached hydrogen (secondary N) is 1. The Morgan fingerprint density at radius 2 is 1.90 bits per heavy atom. The molecule has 108 valence electrons. The van der Waals surface area contributed by atoms with Gasteiger partial charge < -0.3 is 5.32 Å².